The predicted octanol–water partition coefficient (Wildman–Crippen LogP) is 4.49. The second-order valence-electron chi connectivity index (χ2n) is 4.59. The molecule has 3 aromatic rings. The first-order valence-electron chi connectivity index (χ1n) is 6.78. The number of nitrogens with zero attached hydrogens (tertiary/aromatic N) is 1. The van der Waals surface area contributed by atoms with E-state index >= 15 is 0 Å². The molecular weight excluding hydrogens is 332 g/mol. The summed E-state index contributed by atoms with van der Waals surface area (Å²) in [5, 5.41) is 5.43. The summed E-state index contributed by atoms with van der Waals surface area (Å²) in [7, 11) is 0. The second kappa shape index (κ2) is 6.28. The maximum Gasteiger partial charge on any atom is 0.399 e. The molecule has 0 amide bonds. The van der Waals surface area contributed by atoms with Crippen molar-refractivity contribution in [2.24, 2.45) is 0 Å². The van der Waals surface area contributed by atoms with Crippen LogP contribution >= 0.6 is 15.9 Å². The van der Waals surface area contributed by atoms with Gasteiger partial charge in [-0.1, -0.05) is 37.3 Å². The van der Waals surface area contributed by atoms with E-state index in [-0.39, 0.29) is 6.08 Å². The fourth-order valence-corrected chi connectivity index (χ4v) is 2.63. The lowest BCUT2D eigenvalue weighted by Gasteiger charge is -2.06. The molecule has 108 valence electrons. The van der Waals surface area contributed by atoms with E-state index in [1.807, 2.05) is 37.3 Å². The highest BCUT2D eigenvalue weighted by molar-refractivity contribution is 9.10. The minimum atomic E-state index is 0.249. The van der Waals surface area contributed by atoms with Crippen molar-refractivity contribution in [1.82, 2.24) is 10.3 Å². The largest absolute Gasteiger partial charge is 0.417 e. The van der Waals surface area contributed by atoms with Crippen molar-refractivity contribution < 1.29 is 9.15 Å². The van der Waals surface area contributed by atoms with Crippen molar-refractivity contribution in [2.75, 3.05) is 6.54 Å². The number of ether oxygens (including phenoxy) is 1. The Morgan fingerprint density at radius 2 is 2.10 bits per heavy atom. The average molecular weight is 347 g/mol. The highest BCUT2D eigenvalue weighted by Crippen LogP contribution is 2.35. The van der Waals surface area contributed by atoms with Gasteiger partial charge in [0, 0.05) is 6.54 Å². The molecule has 1 heterocycles. The van der Waals surface area contributed by atoms with Gasteiger partial charge in [0.05, 0.1) is 10.2 Å². The van der Waals surface area contributed by atoms with Gasteiger partial charge in [-0.05, 0) is 39.3 Å². The standard InChI is InChI=1S/C16H15BrN2O2/c1-2-18-9-12-10-20-16(19-12)21-14-8-7-11-5-3-4-6-13(11)15(14)17/h3-8,10,18H,2,9H2,1H3. The van der Waals surface area contributed by atoms with Crippen LogP contribution in [0.3, 0.4) is 0 Å². The molecule has 0 fully saturated rings. The smallest absolute Gasteiger partial charge is 0.399 e. The van der Waals surface area contributed by atoms with Crippen LogP contribution in [0.15, 0.2) is 51.6 Å². The molecule has 0 radical (unpaired) electrons. The van der Waals surface area contributed by atoms with E-state index in [9.17, 15) is 0 Å². The van der Waals surface area contributed by atoms with Crippen LogP contribution in [0.5, 0.6) is 11.8 Å². The molecule has 0 aliphatic rings. The zero-order valence-electron chi connectivity index (χ0n) is 11.6. The van der Waals surface area contributed by atoms with Gasteiger partial charge in [0.25, 0.3) is 0 Å². The van der Waals surface area contributed by atoms with Gasteiger partial charge < -0.3 is 14.5 Å². The van der Waals surface area contributed by atoms with Crippen molar-refractivity contribution >= 4 is 26.7 Å². The van der Waals surface area contributed by atoms with Gasteiger partial charge in [-0.15, -0.1) is 0 Å². The summed E-state index contributed by atoms with van der Waals surface area (Å²) < 4.78 is 12.0. The van der Waals surface area contributed by atoms with Crippen molar-refractivity contribution in [3.63, 3.8) is 0 Å². The van der Waals surface area contributed by atoms with Crippen molar-refractivity contribution in [3.8, 4) is 11.8 Å². The number of hydrogen-bond acceptors (Lipinski definition) is 4. The van der Waals surface area contributed by atoms with E-state index in [1.165, 1.54) is 0 Å². The van der Waals surface area contributed by atoms with Gasteiger partial charge in [0.15, 0.2) is 0 Å². The van der Waals surface area contributed by atoms with Gasteiger partial charge in [0.2, 0.25) is 0 Å². The Balaban J connectivity index is 1.84. The van der Waals surface area contributed by atoms with Gasteiger partial charge in [-0.2, -0.15) is 4.98 Å². The molecule has 2 aromatic carbocycles. The van der Waals surface area contributed by atoms with Crippen LogP contribution in [0.2, 0.25) is 0 Å². The first-order chi connectivity index (χ1) is 10.3. The van der Waals surface area contributed by atoms with Crippen LogP contribution in [-0.2, 0) is 6.54 Å². The minimum Gasteiger partial charge on any atom is -0.417 e. The van der Waals surface area contributed by atoms with Crippen molar-refractivity contribution in [2.45, 2.75) is 13.5 Å². The average Bonchev–Trinajstić information content (AvgIpc) is 2.96. The Kier molecular flexibility index (Phi) is 4.22. The van der Waals surface area contributed by atoms with Gasteiger partial charge in [0.1, 0.15) is 12.0 Å². The van der Waals surface area contributed by atoms with Crippen LogP contribution in [-0.4, -0.2) is 11.5 Å². The maximum atomic E-state index is 5.73. The molecule has 1 N–H and O–H groups in total. The SMILES string of the molecule is CCNCc1coc(Oc2ccc3ccccc3c2Br)n1. The summed E-state index contributed by atoms with van der Waals surface area (Å²) in [5.41, 5.74) is 0.823. The Morgan fingerprint density at radius 1 is 1.24 bits per heavy atom. The molecular formula is C16H15BrN2O2. The number of oxazole rings is 1. The lowest BCUT2D eigenvalue weighted by Crippen LogP contribution is -2.11. The Morgan fingerprint density at radius 3 is 2.95 bits per heavy atom. The highest BCUT2D eigenvalue weighted by atomic mass is 79.9. The third kappa shape index (κ3) is 3.09. The fourth-order valence-electron chi connectivity index (χ4n) is 2.06. The number of aromatic nitrogens is 1. The third-order valence-electron chi connectivity index (χ3n) is 3.11. The Bertz CT molecular complexity index is 755. The van der Waals surface area contributed by atoms with E-state index in [4.69, 9.17) is 9.15 Å². The van der Waals surface area contributed by atoms with Crippen molar-refractivity contribution in [3.05, 3.63) is 52.8 Å². The highest BCUT2D eigenvalue weighted by Gasteiger charge is 2.10. The summed E-state index contributed by atoms with van der Waals surface area (Å²) in [6.45, 7) is 3.60. The van der Waals surface area contributed by atoms with E-state index in [0.717, 1.165) is 27.5 Å². The van der Waals surface area contributed by atoms with E-state index in [0.29, 0.717) is 12.3 Å². The normalized spacial score (nSPS) is 11.0. The molecule has 0 saturated heterocycles. The van der Waals surface area contributed by atoms with Gasteiger partial charge in [-0.25, -0.2) is 0 Å². The van der Waals surface area contributed by atoms with Crippen LogP contribution in [0.1, 0.15) is 12.6 Å². The topological polar surface area (TPSA) is 47.3 Å². The lowest BCUT2D eigenvalue weighted by atomic mass is 10.1. The molecule has 0 atom stereocenters. The summed E-state index contributed by atoms with van der Waals surface area (Å²) in [6, 6.07) is 12.0. The molecule has 0 aliphatic heterocycles. The van der Waals surface area contributed by atoms with Crippen LogP contribution < -0.4 is 10.1 Å². The Labute approximate surface area is 131 Å². The molecule has 0 aliphatic carbocycles. The summed E-state index contributed by atoms with van der Waals surface area (Å²) in [5.74, 6) is 0.686. The number of fused-ring (bicyclic) bond motifs is 1. The quantitative estimate of drug-likeness (QED) is 0.739. The van der Waals surface area contributed by atoms with Crippen molar-refractivity contribution in [1.29, 1.82) is 0 Å². The van der Waals surface area contributed by atoms with Gasteiger partial charge >= 0.3 is 6.08 Å². The maximum absolute atomic E-state index is 5.73. The molecule has 5 heteroatoms. The zero-order valence-corrected chi connectivity index (χ0v) is 13.2. The molecule has 1 aromatic heterocycles. The zero-order chi connectivity index (χ0) is 14.7. The minimum absolute atomic E-state index is 0.249. The summed E-state index contributed by atoms with van der Waals surface area (Å²) in [6.07, 6.45) is 1.85. The van der Waals surface area contributed by atoms with Crippen LogP contribution in [0.4, 0.5) is 0 Å². The van der Waals surface area contributed by atoms with E-state index in [1.54, 1.807) is 6.26 Å². The van der Waals surface area contributed by atoms with E-state index < -0.39 is 0 Å². The number of rotatable bonds is 5. The molecule has 0 bridgehead atoms. The van der Waals surface area contributed by atoms with Crippen LogP contribution in [0, 0.1) is 0 Å². The van der Waals surface area contributed by atoms with Crippen LogP contribution in [0.25, 0.3) is 10.8 Å². The van der Waals surface area contributed by atoms with Gasteiger partial charge in [-0.3, -0.25) is 0 Å². The fraction of sp³-hybridized carbons (Fsp3) is 0.188. The summed E-state index contributed by atoms with van der Waals surface area (Å²) >= 11 is 3.58. The van der Waals surface area contributed by atoms with E-state index in [2.05, 4.69) is 32.3 Å². The lowest BCUT2D eigenvalue weighted by molar-refractivity contribution is 0.329. The number of hydrogen-bond donors (Lipinski definition) is 1. The summed E-state index contributed by atoms with van der Waals surface area (Å²) in [4.78, 5) is 4.29. The molecule has 4 nitrogen and oxygen atoms in total. The molecule has 0 saturated carbocycles. The predicted molar refractivity (Wildman–Crippen MR) is 85.6 cm³/mol. The first-order valence-corrected chi connectivity index (χ1v) is 7.57. The first kappa shape index (κ1) is 14.1. The molecule has 0 spiro atoms. The molecule has 0 unspecified atom stereocenters. The molecule has 21 heavy (non-hydrogen) atoms. The third-order valence-corrected chi connectivity index (χ3v) is 3.93. The molecule has 3 rings (SSSR count). The number of benzene rings is 2. The monoisotopic (exact) mass is 346 g/mol. The number of halogens is 1. The second-order valence-corrected chi connectivity index (χ2v) is 5.38. The Hall–Kier alpha value is -1.85. The number of nitrogens with one attached hydrogen (secondary N) is 1.